The molecule has 18 rings (SSSR count). The fourth-order valence-electron chi connectivity index (χ4n) is 16.0. The fourth-order valence-corrected chi connectivity index (χ4v) is 16.0. The number of ether oxygens (including phenoxy) is 1. The van der Waals surface area contributed by atoms with E-state index in [9.17, 15) is 0 Å². The van der Waals surface area contributed by atoms with Gasteiger partial charge in [0.2, 0.25) is 11.4 Å². The first-order valence-corrected chi connectivity index (χ1v) is 32.8. The number of para-hydroxylation sites is 4. The van der Waals surface area contributed by atoms with Gasteiger partial charge in [0.25, 0.3) is 11.4 Å². The largest absolute Gasteiger partial charge is 0.503 e. The van der Waals surface area contributed by atoms with Crippen LogP contribution >= 0.6 is 0 Å². The third-order valence-corrected chi connectivity index (χ3v) is 20.2. The summed E-state index contributed by atoms with van der Waals surface area (Å²) in [4.78, 5) is 4.96. The summed E-state index contributed by atoms with van der Waals surface area (Å²) >= 11 is 0. The van der Waals surface area contributed by atoms with Crippen LogP contribution < -0.4 is 13.9 Å². The van der Waals surface area contributed by atoms with Gasteiger partial charge < -0.3 is 4.74 Å². The van der Waals surface area contributed by atoms with E-state index in [-0.39, 0.29) is 5.41 Å². The highest BCUT2D eigenvalue weighted by atomic mass is 16.5. The van der Waals surface area contributed by atoms with Gasteiger partial charge in [0, 0.05) is 41.2 Å². The van der Waals surface area contributed by atoms with Crippen molar-refractivity contribution >= 4 is 50.6 Å². The summed E-state index contributed by atoms with van der Waals surface area (Å²) < 4.78 is 13.8. The minimum atomic E-state index is -0.600. The van der Waals surface area contributed by atoms with Crippen molar-refractivity contribution in [3.63, 3.8) is 0 Å². The molecule has 0 N–H and O–H groups in total. The molecule has 0 bridgehead atoms. The summed E-state index contributed by atoms with van der Waals surface area (Å²) in [6, 6.07) is 124. The van der Waals surface area contributed by atoms with E-state index in [0.29, 0.717) is 5.75 Å². The lowest BCUT2D eigenvalue weighted by molar-refractivity contribution is 0.483. The van der Waals surface area contributed by atoms with Crippen LogP contribution in [0.5, 0.6) is 11.5 Å². The Balaban J connectivity index is 0.850. The number of hydrogen-bond acceptors (Lipinski definition) is 2. The van der Waals surface area contributed by atoms with Crippen molar-refractivity contribution in [2.75, 3.05) is 0 Å². The van der Waals surface area contributed by atoms with Gasteiger partial charge in [-0.05, 0) is 159 Å². The lowest BCUT2D eigenvalue weighted by atomic mass is 9.67. The predicted molar refractivity (Wildman–Crippen MR) is 390 cm³/mol. The molecule has 0 spiro atoms. The van der Waals surface area contributed by atoms with Gasteiger partial charge in [-0.2, -0.15) is 0 Å². The molecule has 5 nitrogen and oxygen atoms in total. The van der Waals surface area contributed by atoms with Crippen LogP contribution in [-0.2, 0) is 16.2 Å². The van der Waals surface area contributed by atoms with Crippen LogP contribution in [0.3, 0.4) is 0 Å². The van der Waals surface area contributed by atoms with E-state index in [4.69, 9.17) is 9.72 Å². The van der Waals surface area contributed by atoms with Crippen LogP contribution in [0.15, 0.2) is 334 Å². The van der Waals surface area contributed by atoms with Crippen molar-refractivity contribution in [1.82, 2.24) is 18.7 Å². The average molecular weight is 1220 g/mol. The number of fused-ring (bicyclic) bond motifs is 10. The minimum Gasteiger partial charge on any atom is -0.457 e. The zero-order chi connectivity index (χ0) is 63.4. The minimum absolute atomic E-state index is 0.0481. The van der Waals surface area contributed by atoms with Crippen LogP contribution in [0, 0.1) is 0 Å². The second kappa shape index (κ2) is 21.8. The third-order valence-electron chi connectivity index (χ3n) is 20.2. The molecule has 5 heteroatoms. The third kappa shape index (κ3) is 8.60. The second-order valence-electron chi connectivity index (χ2n) is 26.3. The number of benzene rings is 13. The van der Waals surface area contributed by atoms with Crippen LogP contribution in [-0.4, -0.2) is 15.6 Å². The standard InChI is InChI=1S/C90H64N4O/c1-88(2,3)66-52-53-91-86(56-66)94-82-43-21-18-38-76(82)77-51-48-69(58-85(77)94)95-68-35-24-34-67(57-68)92-59-93(84-45-23-22-44-83(84)92)87-70(60-46-49-74-72-36-16-19-41-78(72)89(80(74)54-60,62-26-8-4-9-27-62)63-28-10-5-11-29-63)39-25-40-71(87)61-47-50-75-73-37-17-20-42-79(73)90(81(75)55-61,64-30-12-6-13-31-64)65-32-14-7-15-33-65/h4-58H,1-3H3/q+2. The predicted octanol–water partition coefficient (Wildman–Crippen LogP) is 22.2. The topological polar surface area (TPSA) is 33.1 Å². The monoisotopic (exact) mass is 1220 g/mol. The van der Waals surface area contributed by atoms with E-state index < -0.39 is 10.8 Å². The highest BCUT2D eigenvalue weighted by Crippen LogP contribution is 2.60. The Kier molecular flexibility index (Phi) is 12.8. The van der Waals surface area contributed by atoms with E-state index >= 15 is 0 Å². The first kappa shape index (κ1) is 55.8. The maximum Gasteiger partial charge on any atom is 0.503 e. The number of rotatable bonds is 11. The van der Waals surface area contributed by atoms with Crippen molar-refractivity contribution in [3.05, 3.63) is 384 Å². The molecule has 2 aliphatic carbocycles. The summed E-state index contributed by atoms with van der Waals surface area (Å²) in [5.41, 5.74) is 25.3. The Labute approximate surface area is 553 Å². The first-order chi connectivity index (χ1) is 46.7. The van der Waals surface area contributed by atoms with Gasteiger partial charge >= 0.3 is 6.01 Å². The lowest BCUT2D eigenvalue weighted by Gasteiger charge is -2.34. The highest BCUT2D eigenvalue weighted by molar-refractivity contribution is 6.09. The molecule has 448 valence electrons. The highest BCUT2D eigenvalue weighted by Gasteiger charge is 2.49. The molecule has 0 atom stereocenters. The van der Waals surface area contributed by atoms with E-state index in [1.54, 1.807) is 0 Å². The molecule has 3 heterocycles. The van der Waals surface area contributed by atoms with Gasteiger partial charge in [0.05, 0.1) is 39.1 Å². The Morgan fingerprint density at radius 1 is 0.358 bits per heavy atom. The van der Waals surface area contributed by atoms with Crippen molar-refractivity contribution in [2.24, 2.45) is 0 Å². The summed E-state index contributed by atoms with van der Waals surface area (Å²) in [7, 11) is 0. The van der Waals surface area contributed by atoms with Gasteiger partial charge in [0.15, 0.2) is 0 Å². The number of nitrogens with zero attached hydrogens (tertiary/aromatic N) is 4. The molecule has 0 unspecified atom stereocenters. The molecule has 0 fully saturated rings. The average Bonchev–Trinajstić information content (AvgIpc) is 1.57. The zero-order valence-corrected chi connectivity index (χ0v) is 53.0. The van der Waals surface area contributed by atoms with Gasteiger partial charge in [-0.3, -0.25) is 4.57 Å². The Morgan fingerprint density at radius 3 is 1.39 bits per heavy atom. The number of pyridine rings is 1. The molecule has 0 radical (unpaired) electrons. The van der Waals surface area contributed by atoms with E-state index in [1.807, 2.05) is 12.3 Å². The maximum absolute atomic E-state index is 6.98. The molecule has 1 aliphatic heterocycles. The molecule has 3 aliphatic rings. The Hall–Kier alpha value is -12.0. The van der Waals surface area contributed by atoms with Gasteiger partial charge in [-0.15, -0.1) is 0 Å². The van der Waals surface area contributed by atoms with Crippen molar-refractivity contribution < 1.29 is 4.74 Å². The molecule has 13 aromatic carbocycles. The van der Waals surface area contributed by atoms with Crippen LogP contribution in [0.1, 0.15) is 70.8 Å². The van der Waals surface area contributed by atoms with E-state index in [0.717, 1.165) is 78.4 Å². The van der Waals surface area contributed by atoms with Crippen LogP contribution in [0.2, 0.25) is 0 Å². The maximum atomic E-state index is 6.98. The van der Waals surface area contributed by atoms with Gasteiger partial charge in [-0.25, -0.2) is 4.98 Å². The summed E-state index contributed by atoms with van der Waals surface area (Å²) in [5.74, 6) is 2.30. The van der Waals surface area contributed by atoms with Crippen molar-refractivity contribution in [1.29, 1.82) is 0 Å². The fraction of sp³-hybridized carbons (Fsp3) is 0.0667. The van der Waals surface area contributed by atoms with Gasteiger partial charge in [-0.1, -0.05) is 257 Å². The Morgan fingerprint density at radius 2 is 0.821 bits per heavy atom. The van der Waals surface area contributed by atoms with Crippen LogP contribution in [0.25, 0.3) is 72.1 Å². The number of aromatic nitrogens is 2. The van der Waals surface area contributed by atoms with Crippen LogP contribution in [0.4, 0.5) is 22.7 Å². The molecule has 0 saturated carbocycles. The quantitative estimate of drug-likeness (QED) is 0.121. The van der Waals surface area contributed by atoms with E-state index in [2.05, 4.69) is 362 Å². The molecule has 0 saturated heterocycles. The molecular formula is C90H64N4O+2. The summed E-state index contributed by atoms with van der Waals surface area (Å²) in [5, 5.41) is 2.30. The smallest absolute Gasteiger partial charge is 0.457 e. The zero-order valence-electron chi connectivity index (χ0n) is 53.0. The SMILES string of the molecule is CC(C)(C)c1ccnc(-n2c3ccccc3c3ccc(Oc4cccc([N+]5=C=[N+](c6c(-c7ccc8c(c7)C(c7ccccc7)(c7ccccc7)c7ccccc7-8)cccc6-c6ccc7c(c6)C(c6ccccc6)(c6ccccc6)c6ccccc6-7)c6ccccc65)c4)cc32)c1. The lowest BCUT2D eigenvalue weighted by Crippen LogP contribution is -2.28. The van der Waals surface area contributed by atoms with Gasteiger partial charge in [0.1, 0.15) is 17.3 Å². The molecule has 2 aromatic heterocycles. The molecular weight excluding hydrogens is 1150 g/mol. The second-order valence-corrected chi connectivity index (χ2v) is 26.3. The summed E-state index contributed by atoms with van der Waals surface area (Å²) in [6.07, 6.45) is 1.93. The normalized spacial score (nSPS) is 13.8. The first-order valence-electron chi connectivity index (χ1n) is 32.8. The molecule has 15 aromatic rings. The van der Waals surface area contributed by atoms with Crippen molar-refractivity contribution in [2.45, 2.75) is 37.0 Å². The summed E-state index contributed by atoms with van der Waals surface area (Å²) in [6.45, 7) is 6.73. The number of hydrogen-bond donors (Lipinski definition) is 0. The van der Waals surface area contributed by atoms with E-state index in [1.165, 1.54) is 72.3 Å². The molecule has 95 heavy (non-hydrogen) atoms. The molecule has 0 amide bonds. The van der Waals surface area contributed by atoms with Crippen molar-refractivity contribution in [3.8, 4) is 61.8 Å². The Bertz CT molecular complexity index is 5380.